The lowest BCUT2D eigenvalue weighted by atomic mass is 9.81. The van der Waals surface area contributed by atoms with Crippen molar-refractivity contribution >= 4 is 36.3 Å². The molecule has 1 radical (unpaired) electrons. The molecule has 6 rings (SSSR count). The lowest BCUT2D eigenvalue weighted by Gasteiger charge is -2.37. The maximum absolute atomic E-state index is 11.6. The second-order valence-corrected chi connectivity index (χ2v) is 13.4. The Labute approximate surface area is 267 Å². The molecule has 0 atom stereocenters. The molecule has 45 heavy (non-hydrogen) atoms. The van der Waals surface area contributed by atoms with E-state index < -0.39 is 11.2 Å². The molecule has 0 unspecified atom stereocenters. The van der Waals surface area contributed by atoms with Crippen LogP contribution in [0.25, 0.3) is 22.3 Å². The Morgan fingerprint density at radius 1 is 0.689 bits per heavy atom. The highest BCUT2D eigenvalue weighted by molar-refractivity contribution is 6.47. The quantitative estimate of drug-likeness (QED) is 0.137. The molecule has 1 aliphatic rings. The van der Waals surface area contributed by atoms with Crippen LogP contribution in [0.1, 0.15) is 63.0 Å². The minimum atomic E-state index is -0.998. The maximum Gasteiger partial charge on any atom is 0.330 e. The lowest BCUT2D eigenvalue weighted by molar-refractivity contribution is -0.0893. The molecule has 1 N–H and O–H groups in total. The molecule has 0 bridgehead atoms. The van der Waals surface area contributed by atoms with Gasteiger partial charge in [0.1, 0.15) is 6.29 Å². The van der Waals surface area contributed by atoms with Gasteiger partial charge in [-0.25, -0.2) is 0 Å². The zero-order valence-electron chi connectivity index (χ0n) is 26.8. The van der Waals surface area contributed by atoms with Crippen molar-refractivity contribution in [2.45, 2.75) is 58.2 Å². The van der Waals surface area contributed by atoms with E-state index in [1.54, 1.807) is 21.3 Å². The summed E-state index contributed by atoms with van der Waals surface area (Å²) in [7, 11) is 1.71. The fourth-order valence-electron chi connectivity index (χ4n) is 5.90. The van der Waals surface area contributed by atoms with Crippen LogP contribution in [0.15, 0.2) is 115 Å². The number of hydrogen-bond acceptors (Lipinski definition) is 4. The molecule has 0 amide bonds. The largest absolute Gasteiger partial charge is 0.427 e. The number of hydrogen-bond donors (Lipinski definition) is 1. The van der Waals surface area contributed by atoms with E-state index in [1.165, 1.54) is 27.8 Å². The normalized spacial score (nSPS) is 13.6. The number of fused-ring (bicyclic) bond motifs is 3. The van der Waals surface area contributed by atoms with E-state index in [1.807, 2.05) is 44.2 Å². The first-order valence-corrected chi connectivity index (χ1v) is 15.4. The van der Waals surface area contributed by atoms with Gasteiger partial charge >= 0.3 is 7.48 Å². The van der Waals surface area contributed by atoms with Crippen molar-refractivity contribution in [2.75, 3.05) is 4.90 Å². The fraction of sp³-hybridized carbons (Fsp3) is 0.225. The third kappa shape index (κ3) is 5.74. The van der Waals surface area contributed by atoms with Crippen molar-refractivity contribution in [1.29, 1.82) is 0 Å². The molecule has 0 aliphatic heterocycles. The van der Waals surface area contributed by atoms with Crippen LogP contribution in [0.3, 0.4) is 0 Å². The number of aldehydes is 1. The highest BCUT2D eigenvalue weighted by Crippen LogP contribution is 2.50. The standard InChI is InChI=1S/C40H39BNO3/c1-38(2)36-24-27(26-43)12-22-34(36)35-23-21-33(25-37(35)38)42(31-17-13-29(14-18-31)28-10-8-7-9-11-28)32-19-15-30(16-20-32)41-45-40(5,6)39(3,4)44/h7-26,44H,1-6H3. The zero-order valence-corrected chi connectivity index (χ0v) is 26.8. The molecule has 5 heteroatoms. The van der Waals surface area contributed by atoms with E-state index in [-0.39, 0.29) is 5.41 Å². The monoisotopic (exact) mass is 592 g/mol. The van der Waals surface area contributed by atoms with E-state index in [0.29, 0.717) is 5.56 Å². The van der Waals surface area contributed by atoms with Gasteiger partial charge in [-0.15, -0.1) is 0 Å². The highest BCUT2D eigenvalue weighted by Gasteiger charge is 2.37. The molecule has 1 aliphatic carbocycles. The van der Waals surface area contributed by atoms with Gasteiger partial charge in [-0.2, -0.15) is 0 Å². The second kappa shape index (κ2) is 11.5. The topological polar surface area (TPSA) is 49.8 Å². The summed E-state index contributed by atoms with van der Waals surface area (Å²) < 4.78 is 6.01. The zero-order chi connectivity index (χ0) is 32.0. The molecule has 0 heterocycles. The third-order valence-electron chi connectivity index (χ3n) is 9.42. The number of rotatable bonds is 9. The summed E-state index contributed by atoms with van der Waals surface area (Å²) in [6, 6.07) is 40.0. The highest BCUT2D eigenvalue weighted by atomic mass is 16.5. The Balaban J connectivity index is 1.39. The molecule has 0 spiro atoms. The van der Waals surface area contributed by atoms with Crippen molar-refractivity contribution in [2.24, 2.45) is 0 Å². The number of carbonyl (C=O) groups is 1. The first-order chi connectivity index (χ1) is 21.4. The van der Waals surface area contributed by atoms with Gasteiger partial charge in [0.05, 0.1) is 11.2 Å². The van der Waals surface area contributed by atoms with Gasteiger partial charge in [0.2, 0.25) is 0 Å². The van der Waals surface area contributed by atoms with E-state index in [0.717, 1.165) is 34.4 Å². The van der Waals surface area contributed by atoms with Crippen LogP contribution in [0.5, 0.6) is 0 Å². The minimum Gasteiger partial charge on any atom is -0.427 e. The first kappa shape index (κ1) is 30.6. The van der Waals surface area contributed by atoms with Crippen molar-refractivity contribution in [3.63, 3.8) is 0 Å². The molecule has 4 nitrogen and oxygen atoms in total. The smallest absolute Gasteiger partial charge is 0.330 e. The van der Waals surface area contributed by atoms with Crippen LogP contribution in [0, 0.1) is 0 Å². The van der Waals surface area contributed by atoms with Crippen LogP contribution in [0.4, 0.5) is 17.1 Å². The number of benzene rings is 5. The van der Waals surface area contributed by atoms with Crippen LogP contribution >= 0.6 is 0 Å². The number of nitrogens with zero attached hydrogens (tertiary/aromatic N) is 1. The third-order valence-corrected chi connectivity index (χ3v) is 9.42. The Kier molecular flexibility index (Phi) is 7.80. The Morgan fingerprint density at radius 3 is 1.82 bits per heavy atom. The van der Waals surface area contributed by atoms with E-state index in [2.05, 4.69) is 104 Å². The van der Waals surface area contributed by atoms with E-state index in [9.17, 15) is 9.90 Å². The van der Waals surface area contributed by atoms with Gasteiger partial charge in [0.15, 0.2) is 0 Å². The van der Waals surface area contributed by atoms with Crippen LogP contribution < -0.4 is 10.4 Å². The average molecular weight is 593 g/mol. The number of aliphatic hydroxyl groups is 1. The first-order valence-electron chi connectivity index (χ1n) is 15.4. The van der Waals surface area contributed by atoms with Crippen molar-refractivity contribution in [3.05, 3.63) is 132 Å². The molecule has 0 fully saturated rings. The molecule has 0 aromatic heterocycles. The van der Waals surface area contributed by atoms with Crippen LogP contribution in [-0.2, 0) is 10.1 Å². The molecule has 5 aromatic rings. The minimum absolute atomic E-state index is 0.258. The summed E-state index contributed by atoms with van der Waals surface area (Å²) in [5, 5.41) is 10.5. The molecule has 5 aromatic carbocycles. The van der Waals surface area contributed by atoms with E-state index >= 15 is 0 Å². The summed E-state index contributed by atoms with van der Waals surface area (Å²) >= 11 is 0. The summed E-state index contributed by atoms with van der Waals surface area (Å²) in [5.74, 6) is 0. The Bertz CT molecular complexity index is 1840. The SMILES string of the molecule is CC1(C)c2cc(C=O)ccc2-c2ccc(N(c3ccc([B]OC(C)(C)C(C)(C)O)cc3)c3ccc(-c4ccccc4)cc3)cc21. The van der Waals surface area contributed by atoms with Crippen LogP contribution in [0.2, 0.25) is 0 Å². The van der Waals surface area contributed by atoms with Crippen molar-refractivity contribution in [1.82, 2.24) is 0 Å². The molecular weight excluding hydrogens is 553 g/mol. The Morgan fingerprint density at radius 2 is 1.22 bits per heavy atom. The van der Waals surface area contributed by atoms with Crippen molar-refractivity contribution < 1.29 is 14.6 Å². The van der Waals surface area contributed by atoms with E-state index in [4.69, 9.17) is 4.65 Å². The average Bonchev–Trinajstić information content (AvgIpc) is 3.26. The van der Waals surface area contributed by atoms with Gasteiger partial charge in [0.25, 0.3) is 0 Å². The molecule has 0 saturated heterocycles. The van der Waals surface area contributed by atoms with Gasteiger partial charge < -0.3 is 14.7 Å². The van der Waals surface area contributed by atoms with Crippen molar-refractivity contribution in [3.8, 4) is 22.3 Å². The van der Waals surface area contributed by atoms with Gasteiger partial charge in [-0.05, 0) is 104 Å². The maximum atomic E-state index is 11.6. The Hall–Kier alpha value is -4.45. The molecule has 0 saturated carbocycles. The van der Waals surface area contributed by atoms with Gasteiger partial charge in [-0.3, -0.25) is 4.79 Å². The summed E-state index contributed by atoms with van der Waals surface area (Å²) in [6.45, 7) is 11.7. The lowest BCUT2D eigenvalue weighted by Crippen LogP contribution is -2.49. The second-order valence-electron chi connectivity index (χ2n) is 13.4. The van der Waals surface area contributed by atoms with Gasteiger partial charge in [-0.1, -0.05) is 92.1 Å². The number of anilines is 3. The summed E-state index contributed by atoms with van der Waals surface area (Å²) in [6.07, 6.45) is 0.920. The number of carbonyl (C=O) groups excluding carboxylic acids is 1. The van der Waals surface area contributed by atoms with Crippen LogP contribution in [-0.4, -0.2) is 30.1 Å². The molecule has 225 valence electrons. The summed E-state index contributed by atoms with van der Waals surface area (Å²) in [5.41, 5.74) is 9.83. The predicted molar refractivity (Wildman–Crippen MR) is 186 cm³/mol. The summed E-state index contributed by atoms with van der Waals surface area (Å²) in [4.78, 5) is 13.9. The van der Waals surface area contributed by atoms with Gasteiger partial charge in [0, 0.05) is 28.0 Å². The molecular formula is C40H39BNO3. The fourth-order valence-corrected chi connectivity index (χ4v) is 5.90. The predicted octanol–water partition coefficient (Wildman–Crippen LogP) is 8.75.